The number of aromatic nitrogens is 2. The first-order valence-electron chi connectivity index (χ1n) is 9.12. The highest BCUT2D eigenvalue weighted by atomic mass is 19.1. The molecule has 1 amide bonds. The van der Waals surface area contributed by atoms with Crippen LogP contribution in [0, 0.1) is 12.9 Å². The van der Waals surface area contributed by atoms with E-state index in [0.717, 1.165) is 48.2 Å². The molecule has 0 radical (unpaired) electrons. The normalized spacial score (nSPS) is 22.6. The van der Waals surface area contributed by atoms with Crippen molar-refractivity contribution in [1.82, 2.24) is 14.9 Å². The van der Waals surface area contributed by atoms with Crippen molar-refractivity contribution in [3.05, 3.63) is 58.4 Å². The summed E-state index contributed by atoms with van der Waals surface area (Å²) >= 11 is 0. The molecule has 2 aliphatic rings. The Morgan fingerprint density at radius 3 is 2.85 bits per heavy atom. The zero-order valence-electron chi connectivity index (χ0n) is 14.8. The number of fused-ring (bicyclic) bond motifs is 1. The van der Waals surface area contributed by atoms with Gasteiger partial charge >= 0.3 is 0 Å². The number of rotatable bonds is 3. The van der Waals surface area contributed by atoms with Crippen molar-refractivity contribution >= 4 is 5.91 Å². The van der Waals surface area contributed by atoms with Gasteiger partial charge in [0.05, 0.1) is 29.9 Å². The summed E-state index contributed by atoms with van der Waals surface area (Å²) in [6.07, 6.45) is 5.26. The predicted molar refractivity (Wildman–Crippen MR) is 94.1 cm³/mol. The molecule has 1 aliphatic carbocycles. The van der Waals surface area contributed by atoms with E-state index in [1.165, 1.54) is 12.3 Å². The fourth-order valence-corrected chi connectivity index (χ4v) is 4.02. The van der Waals surface area contributed by atoms with Crippen LogP contribution in [0.4, 0.5) is 4.39 Å². The average molecular weight is 355 g/mol. The van der Waals surface area contributed by atoms with E-state index in [9.17, 15) is 14.3 Å². The van der Waals surface area contributed by atoms with E-state index in [-0.39, 0.29) is 11.9 Å². The van der Waals surface area contributed by atoms with E-state index in [4.69, 9.17) is 0 Å². The molecule has 0 unspecified atom stereocenters. The second-order valence-electron chi connectivity index (χ2n) is 7.25. The molecule has 0 spiro atoms. The maximum atomic E-state index is 13.0. The standard InChI is InChI=1S/C20H22FN3O2/c1-12-14(8-13-6-7-19(21)22-10-13)9-15-16(23-12)11-24(20(15)26)17-4-2-3-5-18(17)25/h6-7,9-10,17-18,25H,2-5,8,11H2,1H3/t17-,18-/m0/s1. The number of carbonyl (C=O) groups is 1. The summed E-state index contributed by atoms with van der Waals surface area (Å²) in [5, 5.41) is 10.3. The number of carbonyl (C=O) groups excluding carboxylic acids is 1. The van der Waals surface area contributed by atoms with Crippen molar-refractivity contribution in [3.8, 4) is 0 Å². The van der Waals surface area contributed by atoms with Crippen molar-refractivity contribution < 1.29 is 14.3 Å². The third-order valence-electron chi connectivity index (χ3n) is 5.49. The Bertz CT molecular complexity index is 838. The Morgan fingerprint density at radius 2 is 2.12 bits per heavy atom. The number of nitrogens with zero attached hydrogens (tertiary/aromatic N) is 3. The van der Waals surface area contributed by atoms with Crippen molar-refractivity contribution in [2.45, 2.75) is 57.7 Å². The molecule has 3 heterocycles. The minimum Gasteiger partial charge on any atom is -0.391 e. The van der Waals surface area contributed by atoms with E-state index < -0.39 is 12.1 Å². The van der Waals surface area contributed by atoms with E-state index in [1.807, 2.05) is 13.0 Å². The van der Waals surface area contributed by atoms with E-state index in [2.05, 4.69) is 9.97 Å². The van der Waals surface area contributed by atoms with Crippen LogP contribution in [0.2, 0.25) is 0 Å². The van der Waals surface area contributed by atoms with Gasteiger partial charge in [0.1, 0.15) is 0 Å². The van der Waals surface area contributed by atoms with Crippen LogP contribution in [0.3, 0.4) is 0 Å². The second kappa shape index (κ2) is 6.76. The molecule has 1 aliphatic heterocycles. The lowest BCUT2D eigenvalue weighted by molar-refractivity contribution is 0.0189. The summed E-state index contributed by atoms with van der Waals surface area (Å²) in [5.41, 5.74) is 4.09. The van der Waals surface area contributed by atoms with Crippen molar-refractivity contribution in [2.24, 2.45) is 0 Å². The topological polar surface area (TPSA) is 66.3 Å². The van der Waals surface area contributed by atoms with Gasteiger partial charge in [-0.05, 0) is 43.0 Å². The smallest absolute Gasteiger partial charge is 0.256 e. The van der Waals surface area contributed by atoms with Gasteiger partial charge in [-0.3, -0.25) is 9.78 Å². The number of hydrogen-bond acceptors (Lipinski definition) is 4. The van der Waals surface area contributed by atoms with E-state index in [1.54, 1.807) is 11.0 Å². The molecule has 4 rings (SSSR count). The Morgan fingerprint density at radius 1 is 1.31 bits per heavy atom. The first-order chi connectivity index (χ1) is 12.5. The molecular formula is C20H22FN3O2. The molecule has 26 heavy (non-hydrogen) atoms. The number of pyridine rings is 2. The van der Waals surface area contributed by atoms with Crippen LogP contribution in [0.1, 0.15) is 58.6 Å². The van der Waals surface area contributed by atoms with Crippen LogP contribution < -0.4 is 0 Å². The van der Waals surface area contributed by atoms with Gasteiger partial charge in [0, 0.05) is 18.3 Å². The zero-order valence-corrected chi connectivity index (χ0v) is 14.8. The molecule has 2 aromatic heterocycles. The largest absolute Gasteiger partial charge is 0.391 e. The number of halogens is 1. The molecule has 1 saturated carbocycles. The van der Waals surface area contributed by atoms with Crippen LogP contribution in [0.15, 0.2) is 24.4 Å². The molecular weight excluding hydrogens is 333 g/mol. The molecule has 2 atom stereocenters. The van der Waals surface area contributed by atoms with Crippen LogP contribution in [-0.4, -0.2) is 38.0 Å². The summed E-state index contributed by atoms with van der Waals surface area (Å²) in [4.78, 5) is 23.0. The van der Waals surface area contributed by atoms with Gasteiger partial charge in [-0.1, -0.05) is 18.9 Å². The van der Waals surface area contributed by atoms with Gasteiger partial charge < -0.3 is 10.0 Å². The Labute approximate surface area is 151 Å². The van der Waals surface area contributed by atoms with Crippen LogP contribution >= 0.6 is 0 Å². The molecule has 2 aromatic rings. The highest BCUT2D eigenvalue weighted by molar-refractivity contribution is 5.98. The fourth-order valence-electron chi connectivity index (χ4n) is 4.02. The lowest BCUT2D eigenvalue weighted by Crippen LogP contribution is -2.45. The lowest BCUT2D eigenvalue weighted by Gasteiger charge is -2.34. The van der Waals surface area contributed by atoms with Gasteiger partial charge in [-0.2, -0.15) is 4.39 Å². The first-order valence-corrected chi connectivity index (χ1v) is 9.12. The molecule has 0 saturated heterocycles. The summed E-state index contributed by atoms with van der Waals surface area (Å²) in [7, 11) is 0. The Kier molecular flexibility index (Phi) is 4.44. The number of aliphatic hydroxyl groups excluding tert-OH is 1. The minimum absolute atomic E-state index is 0.0445. The summed E-state index contributed by atoms with van der Waals surface area (Å²) < 4.78 is 13.0. The average Bonchev–Trinajstić information content (AvgIpc) is 2.93. The van der Waals surface area contributed by atoms with Crippen LogP contribution in [0.5, 0.6) is 0 Å². The fraction of sp³-hybridized carbons (Fsp3) is 0.450. The van der Waals surface area contributed by atoms with Gasteiger partial charge in [0.15, 0.2) is 0 Å². The predicted octanol–water partition coefficient (Wildman–Crippen LogP) is 2.77. The molecule has 5 nitrogen and oxygen atoms in total. The van der Waals surface area contributed by atoms with Crippen molar-refractivity contribution in [2.75, 3.05) is 0 Å². The zero-order chi connectivity index (χ0) is 18.3. The maximum Gasteiger partial charge on any atom is 0.256 e. The number of aryl methyl sites for hydroxylation is 1. The van der Waals surface area contributed by atoms with Crippen molar-refractivity contribution in [1.29, 1.82) is 0 Å². The molecule has 1 fully saturated rings. The molecule has 1 N–H and O–H groups in total. The van der Waals surface area contributed by atoms with Crippen LogP contribution in [-0.2, 0) is 13.0 Å². The van der Waals surface area contributed by atoms with E-state index in [0.29, 0.717) is 18.5 Å². The molecule has 136 valence electrons. The quantitative estimate of drug-likeness (QED) is 0.860. The summed E-state index contributed by atoms with van der Waals surface area (Å²) in [6.45, 7) is 2.39. The van der Waals surface area contributed by atoms with Gasteiger partial charge in [0.2, 0.25) is 5.95 Å². The van der Waals surface area contributed by atoms with Gasteiger partial charge in [0.25, 0.3) is 5.91 Å². The Hall–Kier alpha value is -2.34. The molecule has 0 bridgehead atoms. The SMILES string of the molecule is Cc1nc2c(cc1Cc1ccc(F)nc1)C(=O)N([C@H]1CCCC[C@@H]1O)C2. The number of hydrogen-bond donors (Lipinski definition) is 1. The number of amides is 1. The van der Waals surface area contributed by atoms with E-state index >= 15 is 0 Å². The van der Waals surface area contributed by atoms with Gasteiger partial charge in [-0.15, -0.1) is 0 Å². The maximum absolute atomic E-state index is 13.0. The minimum atomic E-state index is -0.505. The third kappa shape index (κ3) is 3.09. The van der Waals surface area contributed by atoms with Crippen LogP contribution in [0.25, 0.3) is 0 Å². The third-order valence-corrected chi connectivity index (χ3v) is 5.49. The highest BCUT2D eigenvalue weighted by Crippen LogP contribution is 2.31. The van der Waals surface area contributed by atoms with Gasteiger partial charge in [-0.25, -0.2) is 4.98 Å². The summed E-state index contributed by atoms with van der Waals surface area (Å²) in [6, 6.07) is 4.82. The highest BCUT2D eigenvalue weighted by Gasteiger charge is 2.38. The lowest BCUT2D eigenvalue weighted by atomic mass is 9.91. The molecule has 0 aromatic carbocycles. The molecule has 6 heteroatoms. The summed E-state index contributed by atoms with van der Waals surface area (Å²) in [5.74, 6) is -0.550. The second-order valence-corrected chi connectivity index (χ2v) is 7.25. The monoisotopic (exact) mass is 355 g/mol. The Balaban J connectivity index is 1.59. The first kappa shape index (κ1) is 17.1. The van der Waals surface area contributed by atoms with Crippen molar-refractivity contribution in [3.63, 3.8) is 0 Å². The number of aliphatic hydroxyl groups is 1.